The maximum Gasteiger partial charge on any atom is 0.323 e. The number of hydrogen-bond acceptors (Lipinski definition) is 5. The normalized spacial score (nSPS) is 14.6. The van der Waals surface area contributed by atoms with E-state index >= 15 is 0 Å². The van der Waals surface area contributed by atoms with E-state index in [1.54, 1.807) is 0 Å². The second-order valence-corrected chi connectivity index (χ2v) is 11.6. The summed E-state index contributed by atoms with van der Waals surface area (Å²) in [5.41, 5.74) is 13.0. The molecular weight excluding hydrogens is 569 g/mol. The summed E-state index contributed by atoms with van der Waals surface area (Å²) < 4.78 is 18.9. The summed E-state index contributed by atoms with van der Waals surface area (Å²) in [4.78, 5) is 30.5. The standard InChI is InChI=1S/C36H38FN5O3/c37-31-10-12-32(13-11-31)39-36(44)40-33-21-30(9-14-34(33)41-15-17-45-18-16-41)29-6-2-5-27(20-29)24-42(35(43)28-7-8-28)23-26-4-1-3-25(19-26)22-38/h1-6,9-14,19-21,28H,7-8,15-18,22-24,38H2,(H2,39,40,44). The lowest BCUT2D eigenvalue weighted by Crippen LogP contribution is -2.37. The lowest BCUT2D eigenvalue weighted by Gasteiger charge is -2.31. The summed E-state index contributed by atoms with van der Waals surface area (Å²) in [5, 5.41) is 5.80. The van der Waals surface area contributed by atoms with Crippen LogP contribution in [0.4, 0.5) is 26.2 Å². The molecule has 1 heterocycles. The van der Waals surface area contributed by atoms with Gasteiger partial charge in [-0.05, 0) is 83.1 Å². The van der Waals surface area contributed by atoms with Gasteiger partial charge in [-0.3, -0.25) is 4.79 Å². The highest BCUT2D eigenvalue weighted by Crippen LogP contribution is 2.34. The van der Waals surface area contributed by atoms with Crippen LogP contribution in [-0.4, -0.2) is 43.1 Å². The van der Waals surface area contributed by atoms with Crippen LogP contribution >= 0.6 is 0 Å². The van der Waals surface area contributed by atoms with Crippen molar-refractivity contribution >= 4 is 29.0 Å². The van der Waals surface area contributed by atoms with Crippen LogP contribution in [0.1, 0.15) is 29.5 Å². The summed E-state index contributed by atoms with van der Waals surface area (Å²) >= 11 is 0. The highest BCUT2D eigenvalue weighted by molar-refractivity contribution is 6.02. The number of rotatable bonds is 10. The summed E-state index contributed by atoms with van der Waals surface area (Å²) in [7, 11) is 0. The van der Waals surface area contributed by atoms with E-state index in [0.29, 0.717) is 57.3 Å². The monoisotopic (exact) mass is 607 g/mol. The highest BCUT2D eigenvalue weighted by atomic mass is 19.1. The molecule has 3 amide bonds. The van der Waals surface area contributed by atoms with Crippen molar-refractivity contribution in [2.75, 3.05) is 41.8 Å². The lowest BCUT2D eigenvalue weighted by atomic mass is 10.0. The maximum atomic E-state index is 13.4. The number of morpholine rings is 1. The van der Waals surface area contributed by atoms with Gasteiger partial charge in [-0.15, -0.1) is 0 Å². The molecule has 9 heteroatoms. The van der Waals surface area contributed by atoms with Crippen molar-refractivity contribution in [3.05, 3.63) is 114 Å². The van der Waals surface area contributed by atoms with Crippen LogP contribution in [0.25, 0.3) is 11.1 Å². The number of halogens is 1. The van der Waals surface area contributed by atoms with Gasteiger partial charge in [0.15, 0.2) is 0 Å². The fraction of sp³-hybridized carbons (Fsp3) is 0.278. The van der Waals surface area contributed by atoms with Crippen molar-refractivity contribution < 1.29 is 18.7 Å². The zero-order valence-corrected chi connectivity index (χ0v) is 25.2. The molecule has 0 radical (unpaired) electrons. The smallest absolute Gasteiger partial charge is 0.323 e. The molecule has 6 rings (SSSR count). The molecule has 4 N–H and O–H groups in total. The Bertz CT molecular complexity index is 1650. The Morgan fingerprint density at radius 1 is 0.822 bits per heavy atom. The van der Waals surface area contributed by atoms with Crippen LogP contribution in [0.2, 0.25) is 0 Å². The Hall–Kier alpha value is -4.73. The molecule has 1 aliphatic heterocycles. The highest BCUT2D eigenvalue weighted by Gasteiger charge is 2.33. The third-order valence-electron chi connectivity index (χ3n) is 8.17. The number of nitrogens with zero attached hydrogens (tertiary/aromatic N) is 2. The number of hydrogen-bond donors (Lipinski definition) is 3. The zero-order chi connectivity index (χ0) is 31.2. The molecule has 2 aliphatic rings. The SMILES string of the molecule is NCc1cccc(CN(Cc2cccc(-c3ccc(N4CCOCC4)c(NC(=O)Nc4ccc(F)cc4)c3)c2)C(=O)C2CC2)c1. The topological polar surface area (TPSA) is 99.9 Å². The van der Waals surface area contributed by atoms with Gasteiger partial charge in [0.25, 0.3) is 0 Å². The van der Waals surface area contributed by atoms with Gasteiger partial charge in [-0.2, -0.15) is 0 Å². The minimum atomic E-state index is -0.421. The molecule has 0 bridgehead atoms. The van der Waals surface area contributed by atoms with Crippen molar-refractivity contribution in [3.8, 4) is 11.1 Å². The number of nitrogens with one attached hydrogen (secondary N) is 2. The average molecular weight is 608 g/mol. The fourth-order valence-corrected chi connectivity index (χ4v) is 5.66. The van der Waals surface area contributed by atoms with Crippen molar-refractivity contribution in [2.45, 2.75) is 32.5 Å². The van der Waals surface area contributed by atoms with Gasteiger partial charge >= 0.3 is 6.03 Å². The Morgan fingerprint density at radius 3 is 2.20 bits per heavy atom. The molecule has 4 aromatic carbocycles. The van der Waals surface area contributed by atoms with Gasteiger partial charge in [-0.25, -0.2) is 9.18 Å². The minimum Gasteiger partial charge on any atom is -0.378 e. The first kappa shape index (κ1) is 30.3. The molecule has 0 unspecified atom stereocenters. The fourth-order valence-electron chi connectivity index (χ4n) is 5.66. The predicted octanol–water partition coefficient (Wildman–Crippen LogP) is 6.37. The van der Waals surface area contributed by atoms with Gasteiger partial charge in [0, 0.05) is 44.3 Å². The summed E-state index contributed by atoms with van der Waals surface area (Å²) in [6.07, 6.45) is 1.89. The number of urea groups is 1. The molecule has 2 fully saturated rings. The Morgan fingerprint density at radius 2 is 1.49 bits per heavy atom. The number of anilines is 3. The minimum absolute atomic E-state index is 0.105. The van der Waals surface area contributed by atoms with E-state index in [0.717, 1.165) is 46.3 Å². The summed E-state index contributed by atoms with van der Waals surface area (Å²) in [6, 6.07) is 27.6. The molecule has 1 saturated carbocycles. The molecule has 8 nitrogen and oxygen atoms in total. The first-order valence-corrected chi connectivity index (χ1v) is 15.4. The van der Waals surface area contributed by atoms with E-state index in [2.05, 4.69) is 33.7 Å². The molecule has 0 aromatic heterocycles. The first-order valence-electron chi connectivity index (χ1n) is 15.4. The van der Waals surface area contributed by atoms with Crippen molar-refractivity contribution in [2.24, 2.45) is 11.7 Å². The predicted molar refractivity (Wildman–Crippen MR) is 175 cm³/mol. The van der Waals surface area contributed by atoms with Crippen LogP contribution in [0.3, 0.4) is 0 Å². The Labute approximate surface area is 263 Å². The number of amides is 3. The van der Waals surface area contributed by atoms with Crippen molar-refractivity contribution in [1.29, 1.82) is 0 Å². The molecule has 232 valence electrons. The van der Waals surface area contributed by atoms with E-state index < -0.39 is 6.03 Å². The third kappa shape index (κ3) is 7.87. The van der Waals surface area contributed by atoms with E-state index in [4.69, 9.17) is 10.5 Å². The lowest BCUT2D eigenvalue weighted by molar-refractivity contribution is -0.133. The van der Waals surface area contributed by atoms with Crippen LogP contribution in [-0.2, 0) is 29.2 Å². The second-order valence-electron chi connectivity index (χ2n) is 11.6. The van der Waals surface area contributed by atoms with Gasteiger partial charge in [0.2, 0.25) is 5.91 Å². The van der Waals surface area contributed by atoms with Gasteiger partial charge < -0.3 is 30.9 Å². The average Bonchev–Trinajstić information content (AvgIpc) is 3.92. The molecule has 45 heavy (non-hydrogen) atoms. The van der Waals surface area contributed by atoms with Gasteiger partial charge in [0.1, 0.15) is 5.82 Å². The van der Waals surface area contributed by atoms with Crippen molar-refractivity contribution in [3.63, 3.8) is 0 Å². The number of benzene rings is 4. The Kier molecular flexibility index (Phi) is 9.38. The van der Waals surface area contributed by atoms with Crippen LogP contribution in [0, 0.1) is 11.7 Å². The number of carbonyl (C=O) groups is 2. The molecule has 0 spiro atoms. The second kappa shape index (κ2) is 13.9. The summed E-state index contributed by atoms with van der Waals surface area (Å²) in [5.74, 6) is -0.0771. The number of nitrogens with two attached hydrogens (primary N) is 1. The molecule has 0 atom stereocenters. The van der Waals surface area contributed by atoms with Crippen LogP contribution < -0.4 is 21.3 Å². The maximum absolute atomic E-state index is 13.4. The number of carbonyl (C=O) groups excluding carboxylic acids is 2. The van der Waals surface area contributed by atoms with E-state index in [1.807, 2.05) is 53.4 Å². The van der Waals surface area contributed by atoms with E-state index in [-0.39, 0.29) is 17.6 Å². The molecule has 4 aromatic rings. The van der Waals surface area contributed by atoms with Gasteiger partial charge in [0.05, 0.1) is 24.6 Å². The Balaban J connectivity index is 1.25. The third-order valence-corrected chi connectivity index (χ3v) is 8.17. The molecule has 1 saturated heterocycles. The number of ether oxygens (including phenoxy) is 1. The van der Waals surface area contributed by atoms with Crippen LogP contribution in [0.5, 0.6) is 0 Å². The van der Waals surface area contributed by atoms with Gasteiger partial charge in [-0.1, -0.05) is 48.5 Å². The first-order chi connectivity index (χ1) is 21.9. The van der Waals surface area contributed by atoms with E-state index in [9.17, 15) is 14.0 Å². The molecule has 1 aliphatic carbocycles. The summed E-state index contributed by atoms with van der Waals surface area (Å²) in [6.45, 7) is 4.12. The van der Waals surface area contributed by atoms with Crippen molar-refractivity contribution in [1.82, 2.24) is 4.90 Å². The zero-order valence-electron chi connectivity index (χ0n) is 25.2. The molecular formula is C36H38FN5O3. The quantitative estimate of drug-likeness (QED) is 0.195. The van der Waals surface area contributed by atoms with Crippen LogP contribution in [0.15, 0.2) is 91.0 Å². The van der Waals surface area contributed by atoms with E-state index in [1.165, 1.54) is 24.3 Å². The largest absolute Gasteiger partial charge is 0.378 e.